The Morgan fingerprint density at radius 1 is 1.15 bits per heavy atom. The van der Waals surface area contributed by atoms with Gasteiger partial charge in [-0.2, -0.15) is 15.0 Å². The molecule has 2 N–H and O–H groups in total. The first-order valence-corrected chi connectivity index (χ1v) is 7.93. The van der Waals surface area contributed by atoms with Gasteiger partial charge in [0, 0.05) is 22.5 Å². The number of anilines is 2. The largest absolute Gasteiger partial charge is 0.368 e. The van der Waals surface area contributed by atoms with E-state index in [0.717, 1.165) is 22.5 Å². The van der Waals surface area contributed by atoms with Gasteiger partial charge in [-0.15, -0.1) is 0 Å². The average Bonchev–Trinajstić information content (AvgIpc) is 2.42. The van der Waals surface area contributed by atoms with E-state index in [1.54, 1.807) is 0 Å². The summed E-state index contributed by atoms with van der Waals surface area (Å²) in [4.78, 5) is 16.0. The number of nitrogens with two attached hydrogens (primary N) is 1. The zero-order valence-corrected chi connectivity index (χ0v) is 13.8. The van der Waals surface area contributed by atoms with E-state index < -0.39 is 0 Å². The molecule has 0 fully saturated rings. The molecule has 0 spiro atoms. The Bertz CT molecular complexity index is 589. The molecule has 2 aromatic rings. The van der Waals surface area contributed by atoms with Gasteiger partial charge in [-0.3, -0.25) is 0 Å². The fourth-order valence-electron chi connectivity index (χ4n) is 1.68. The summed E-state index contributed by atoms with van der Waals surface area (Å²) in [5, 5.41) is 0.603. The summed E-state index contributed by atoms with van der Waals surface area (Å²) in [5.41, 5.74) is 5.78. The second kappa shape index (κ2) is 6.90. The Labute approximate surface area is 131 Å². The molecular weight excluding hydrogens is 338 g/mol. The number of aromatic nitrogens is 3. The standard InChI is InChI=1S/C13H16BrN5S/c1-3-19(4-2)12-16-11(15)17-13(18-12)20-10-8-6-5-7-9(10)14/h5-8H,3-4H2,1-2H3,(H2,15,16,17,18). The van der Waals surface area contributed by atoms with Gasteiger partial charge >= 0.3 is 0 Å². The van der Waals surface area contributed by atoms with Crippen LogP contribution in [0.15, 0.2) is 38.8 Å². The Kier molecular flexibility index (Phi) is 5.19. The molecule has 0 aliphatic rings. The van der Waals surface area contributed by atoms with Crippen LogP contribution in [0.4, 0.5) is 11.9 Å². The first-order valence-electron chi connectivity index (χ1n) is 6.33. The molecule has 1 aromatic carbocycles. The Hall–Kier alpha value is -1.34. The highest BCUT2D eigenvalue weighted by Crippen LogP contribution is 2.31. The van der Waals surface area contributed by atoms with Gasteiger partial charge in [-0.25, -0.2) is 0 Å². The van der Waals surface area contributed by atoms with E-state index in [9.17, 15) is 0 Å². The summed E-state index contributed by atoms with van der Waals surface area (Å²) < 4.78 is 1.01. The summed E-state index contributed by atoms with van der Waals surface area (Å²) in [7, 11) is 0. The van der Waals surface area contributed by atoms with Crippen molar-refractivity contribution >= 4 is 39.6 Å². The predicted molar refractivity (Wildman–Crippen MR) is 86.1 cm³/mol. The molecule has 0 aliphatic heterocycles. The van der Waals surface area contributed by atoms with Crippen molar-refractivity contribution in [2.24, 2.45) is 0 Å². The summed E-state index contributed by atoms with van der Waals surface area (Å²) in [6.07, 6.45) is 0. The lowest BCUT2D eigenvalue weighted by Gasteiger charge is -2.18. The van der Waals surface area contributed by atoms with Crippen LogP contribution in [0.3, 0.4) is 0 Å². The second-order valence-electron chi connectivity index (χ2n) is 3.98. The molecular formula is C13H16BrN5S. The number of nitrogens with zero attached hydrogens (tertiary/aromatic N) is 4. The lowest BCUT2D eigenvalue weighted by molar-refractivity contribution is 0.787. The van der Waals surface area contributed by atoms with Crippen molar-refractivity contribution in [3.63, 3.8) is 0 Å². The van der Waals surface area contributed by atoms with Crippen molar-refractivity contribution in [2.75, 3.05) is 23.7 Å². The second-order valence-corrected chi connectivity index (χ2v) is 5.84. The third-order valence-corrected chi connectivity index (χ3v) is 4.60. The van der Waals surface area contributed by atoms with Gasteiger partial charge < -0.3 is 10.6 Å². The highest BCUT2D eigenvalue weighted by atomic mass is 79.9. The van der Waals surface area contributed by atoms with Crippen molar-refractivity contribution in [1.29, 1.82) is 0 Å². The van der Waals surface area contributed by atoms with Gasteiger partial charge in [0.2, 0.25) is 11.9 Å². The zero-order chi connectivity index (χ0) is 14.5. The number of halogens is 1. The minimum atomic E-state index is 0.247. The van der Waals surface area contributed by atoms with E-state index in [1.165, 1.54) is 11.8 Å². The molecule has 1 heterocycles. The van der Waals surface area contributed by atoms with Crippen LogP contribution in [0, 0.1) is 0 Å². The number of nitrogen functional groups attached to an aromatic ring is 1. The van der Waals surface area contributed by atoms with Gasteiger partial charge in [-0.05, 0) is 53.7 Å². The smallest absolute Gasteiger partial charge is 0.231 e. The molecule has 0 saturated heterocycles. The molecule has 0 radical (unpaired) electrons. The molecule has 106 valence electrons. The van der Waals surface area contributed by atoms with Gasteiger partial charge in [0.1, 0.15) is 0 Å². The van der Waals surface area contributed by atoms with E-state index in [-0.39, 0.29) is 5.95 Å². The van der Waals surface area contributed by atoms with Gasteiger partial charge in [0.15, 0.2) is 5.16 Å². The first-order chi connectivity index (χ1) is 9.63. The van der Waals surface area contributed by atoms with Crippen LogP contribution in [0.2, 0.25) is 0 Å². The molecule has 0 aliphatic carbocycles. The predicted octanol–water partition coefficient (Wildman–Crippen LogP) is 3.21. The summed E-state index contributed by atoms with van der Waals surface area (Å²) >= 11 is 4.98. The maximum Gasteiger partial charge on any atom is 0.231 e. The number of hydrogen-bond donors (Lipinski definition) is 1. The molecule has 0 amide bonds. The summed E-state index contributed by atoms with van der Waals surface area (Å²) in [6.45, 7) is 5.78. The highest BCUT2D eigenvalue weighted by molar-refractivity contribution is 9.10. The van der Waals surface area contributed by atoms with Gasteiger partial charge in [0.25, 0.3) is 0 Å². The van der Waals surface area contributed by atoms with Crippen LogP contribution in [0.1, 0.15) is 13.8 Å². The topological polar surface area (TPSA) is 67.9 Å². The lowest BCUT2D eigenvalue weighted by Crippen LogP contribution is -2.25. The fourth-order valence-corrected chi connectivity index (χ4v) is 2.98. The van der Waals surface area contributed by atoms with Crippen molar-refractivity contribution < 1.29 is 0 Å². The maximum atomic E-state index is 5.78. The number of benzene rings is 1. The van der Waals surface area contributed by atoms with Crippen molar-refractivity contribution in [2.45, 2.75) is 23.9 Å². The van der Waals surface area contributed by atoms with Gasteiger partial charge in [0.05, 0.1) is 0 Å². The minimum Gasteiger partial charge on any atom is -0.368 e. The fraction of sp³-hybridized carbons (Fsp3) is 0.308. The number of rotatable bonds is 5. The molecule has 0 bridgehead atoms. The van der Waals surface area contributed by atoms with E-state index in [1.807, 2.05) is 29.2 Å². The SMILES string of the molecule is CCN(CC)c1nc(N)nc(Sc2ccccc2Br)n1. The minimum absolute atomic E-state index is 0.247. The van der Waals surface area contributed by atoms with Crippen molar-refractivity contribution in [3.8, 4) is 0 Å². The first kappa shape index (κ1) is 15.1. The molecule has 1 aromatic heterocycles. The normalized spacial score (nSPS) is 10.6. The maximum absolute atomic E-state index is 5.78. The Morgan fingerprint density at radius 2 is 1.85 bits per heavy atom. The third-order valence-electron chi connectivity index (χ3n) is 2.70. The van der Waals surface area contributed by atoms with E-state index in [4.69, 9.17) is 5.73 Å². The average molecular weight is 354 g/mol. The van der Waals surface area contributed by atoms with Crippen LogP contribution in [0.25, 0.3) is 0 Å². The van der Waals surface area contributed by atoms with Crippen LogP contribution >= 0.6 is 27.7 Å². The molecule has 5 nitrogen and oxygen atoms in total. The third kappa shape index (κ3) is 3.61. The lowest BCUT2D eigenvalue weighted by atomic mass is 10.4. The van der Waals surface area contributed by atoms with Crippen LogP contribution in [0.5, 0.6) is 0 Å². The van der Waals surface area contributed by atoms with E-state index in [2.05, 4.69) is 44.7 Å². The van der Waals surface area contributed by atoms with E-state index >= 15 is 0 Å². The molecule has 7 heteroatoms. The Morgan fingerprint density at radius 3 is 2.50 bits per heavy atom. The van der Waals surface area contributed by atoms with Crippen LogP contribution in [-0.2, 0) is 0 Å². The molecule has 0 atom stereocenters. The molecule has 0 unspecified atom stereocenters. The molecule has 2 rings (SSSR count). The molecule has 0 saturated carbocycles. The molecule has 20 heavy (non-hydrogen) atoms. The zero-order valence-electron chi connectivity index (χ0n) is 11.4. The van der Waals surface area contributed by atoms with Crippen molar-refractivity contribution in [1.82, 2.24) is 15.0 Å². The number of hydrogen-bond acceptors (Lipinski definition) is 6. The summed E-state index contributed by atoms with van der Waals surface area (Å²) in [6, 6.07) is 7.93. The summed E-state index contributed by atoms with van der Waals surface area (Å²) in [5.74, 6) is 0.869. The van der Waals surface area contributed by atoms with Crippen LogP contribution < -0.4 is 10.6 Å². The van der Waals surface area contributed by atoms with Crippen molar-refractivity contribution in [3.05, 3.63) is 28.7 Å². The Balaban J connectivity index is 2.31. The van der Waals surface area contributed by atoms with E-state index in [0.29, 0.717) is 11.1 Å². The van der Waals surface area contributed by atoms with Gasteiger partial charge in [-0.1, -0.05) is 12.1 Å². The van der Waals surface area contributed by atoms with Crippen LogP contribution in [-0.4, -0.2) is 28.0 Å². The quantitative estimate of drug-likeness (QED) is 0.889. The highest BCUT2D eigenvalue weighted by Gasteiger charge is 2.11. The monoisotopic (exact) mass is 353 g/mol.